The van der Waals surface area contributed by atoms with Crippen molar-refractivity contribution in [1.82, 2.24) is 19.9 Å². The molecule has 0 N–H and O–H groups in total. The quantitative estimate of drug-likeness (QED) is 0.836. The lowest BCUT2D eigenvalue weighted by Gasteiger charge is -2.27. The third-order valence-electron chi connectivity index (χ3n) is 3.98. The van der Waals surface area contributed by atoms with Crippen LogP contribution >= 0.6 is 11.3 Å². The molecule has 0 aliphatic carbocycles. The van der Waals surface area contributed by atoms with Gasteiger partial charge in [0.25, 0.3) is 5.91 Å². The monoisotopic (exact) mass is 338 g/mol. The van der Waals surface area contributed by atoms with E-state index in [2.05, 4.69) is 15.0 Å². The van der Waals surface area contributed by atoms with Crippen molar-refractivity contribution in [2.24, 2.45) is 0 Å². The molecule has 1 fully saturated rings. The Hall–Kier alpha value is -1.80. The van der Waals surface area contributed by atoms with Crippen LogP contribution in [-0.2, 0) is 6.54 Å². The first-order chi connectivity index (χ1) is 11.0. The van der Waals surface area contributed by atoms with Crippen LogP contribution in [0, 0.1) is 6.92 Å². The third kappa shape index (κ3) is 3.76. The average molecular weight is 338 g/mol. The summed E-state index contributed by atoms with van der Waals surface area (Å²) >= 11 is 1.56. The topological polar surface area (TPSA) is 62.5 Å². The van der Waals surface area contributed by atoms with Crippen LogP contribution in [-0.4, -0.2) is 58.2 Å². The van der Waals surface area contributed by atoms with Crippen molar-refractivity contribution >= 4 is 17.2 Å². The molecule has 6 nitrogen and oxygen atoms in total. The van der Waals surface area contributed by atoms with Crippen LogP contribution in [0.3, 0.4) is 0 Å². The van der Waals surface area contributed by atoms with Crippen molar-refractivity contribution in [3.05, 3.63) is 34.1 Å². The largest absolute Gasteiger partial charge is 0.361 e. The number of halogens is 1. The van der Waals surface area contributed by atoms with Gasteiger partial charge in [-0.05, 0) is 13.3 Å². The minimum absolute atomic E-state index is 0.0177. The Morgan fingerprint density at radius 1 is 1.61 bits per heavy atom. The molecule has 0 saturated carbocycles. The third-order valence-corrected chi connectivity index (χ3v) is 4.74. The van der Waals surface area contributed by atoms with Crippen LogP contribution in [0.4, 0.5) is 4.39 Å². The normalized spacial score (nSPS) is 21.7. The number of rotatable bonds is 5. The Labute approximate surface area is 137 Å². The summed E-state index contributed by atoms with van der Waals surface area (Å²) in [5, 5.41) is 6.62. The van der Waals surface area contributed by atoms with Gasteiger partial charge in [0.2, 0.25) is 0 Å². The average Bonchev–Trinajstić information content (AvgIpc) is 3.22. The van der Waals surface area contributed by atoms with E-state index in [9.17, 15) is 9.18 Å². The van der Waals surface area contributed by atoms with Gasteiger partial charge < -0.3 is 9.42 Å². The zero-order valence-corrected chi connectivity index (χ0v) is 13.9. The maximum atomic E-state index is 13.8. The van der Waals surface area contributed by atoms with Gasteiger partial charge in [-0.2, -0.15) is 0 Å². The highest BCUT2D eigenvalue weighted by molar-refractivity contribution is 7.09. The van der Waals surface area contributed by atoms with Crippen LogP contribution in [0.2, 0.25) is 0 Å². The number of likely N-dealkylation sites (tertiary alicyclic amines) is 1. The standard InChI is InChI=1S/C15H19FN4O2S/c1-10-5-13(18-22-10)15(21)19(2)8-12-6-11(16)7-20(12)9-14-17-3-4-23-14/h3-5,11-12H,6-9H2,1-2H3/t11-,12-/m0/s1. The summed E-state index contributed by atoms with van der Waals surface area (Å²) < 4.78 is 18.8. The van der Waals surface area contributed by atoms with Gasteiger partial charge in [-0.3, -0.25) is 9.69 Å². The van der Waals surface area contributed by atoms with E-state index in [1.807, 2.05) is 5.38 Å². The van der Waals surface area contributed by atoms with E-state index in [4.69, 9.17) is 4.52 Å². The number of carbonyl (C=O) groups excluding carboxylic acids is 1. The summed E-state index contributed by atoms with van der Waals surface area (Å²) in [6.45, 7) is 3.20. The fraction of sp³-hybridized carbons (Fsp3) is 0.533. The van der Waals surface area contributed by atoms with Gasteiger partial charge in [0.15, 0.2) is 5.69 Å². The van der Waals surface area contributed by atoms with E-state index < -0.39 is 6.17 Å². The molecule has 2 aromatic rings. The second-order valence-electron chi connectivity index (χ2n) is 5.85. The highest BCUT2D eigenvalue weighted by atomic mass is 32.1. The number of likely N-dealkylation sites (N-methyl/N-ethyl adjacent to an activating group) is 1. The lowest BCUT2D eigenvalue weighted by molar-refractivity contribution is 0.0739. The van der Waals surface area contributed by atoms with Crippen molar-refractivity contribution in [2.75, 3.05) is 20.1 Å². The van der Waals surface area contributed by atoms with E-state index in [1.165, 1.54) is 0 Å². The summed E-state index contributed by atoms with van der Waals surface area (Å²) in [6.07, 6.45) is 1.32. The van der Waals surface area contributed by atoms with Crippen LogP contribution in [0.5, 0.6) is 0 Å². The van der Waals surface area contributed by atoms with Crippen molar-refractivity contribution < 1.29 is 13.7 Å². The fourth-order valence-corrected chi connectivity index (χ4v) is 3.51. The number of hydrogen-bond acceptors (Lipinski definition) is 6. The van der Waals surface area contributed by atoms with Crippen LogP contribution in [0.25, 0.3) is 0 Å². The summed E-state index contributed by atoms with van der Waals surface area (Å²) in [6, 6.07) is 1.59. The van der Waals surface area contributed by atoms with Crippen molar-refractivity contribution in [3.63, 3.8) is 0 Å². The molecule has 8 heteroatoms. The first kappa shape index (κ1) is 16.1. The second-order valence-corrected chi connectivity index (χ2v) is 6.83. The Kier molecular flexibility index (Phi) is 4.72. The summed E-state index contributed by atoms with van der Waals surface area (Å²) in [5.74, 6) is 0.384. The molecule has 2 atom stereocenters. The highest BCUT2D eigenvalue weighted by Crippen LogP contribution is 2.24. The summed E-state index contributed by atoms with van der Waals surface area (Å²) in [7, 11) is 1.71. The molecule has 3 heterocycles. The molecule has 0 radical (unpaired) electrons. The lowest BCUT2D eigenvalue weighted by Crippen LogP contribution is -2.41. The van der Waals surface area contributed by atoms with Crippen LogP contribution in [0.1, 0.15) is 27.7 Å². The molecule has 23 heavy (non-hydrogen) atoms. The van der Waals surface area contributed by atoms with E-state index in [0.29, 0.717) is 31.8 Å². The summed E-state index contributed by atoms with van der Waals surface area (Å²) in [5.41, 5.74) is 0.284. The van der Waals surface area contributed by atoms with E-state index in [0.717, 1.165) is 5.01 Å². The Morgan fingerprint density at radius 3 is 3.09 bits per heavy atom. The van der Waals surface area contributed by atoms with E-state index >= 15 is 0 Å². The summed E-state index contributed by atoms with van der Waals surface area (Å²) in [4.78, 5) is 20.2. The minimum atomic E-state index is -0.863. The van der Waals surface area contributed by atoms with Crippen molar-refractivity contribution in [3.8, 4) is 0 Å². The molecule has 1 amide bonds. The minimum Gasteiger partial charge on any atom is -0.361 e. The van der Waals surface area contributed by atoms with Gasteiger partial charge in [0.05, 0.1) is 6.54 Å². The highest BCUT2D eigenvalue weighted by Gasteiger charge is 2.34. The van der Waals surface area contributed by atoms with Gasteiger partial charge in [0.1, 0.15) is 16.9 Å². The molecule has 124 valence electrons. The maximum absolute atomic E-state index is 13.8. The fourth-order valence-electron chi connectivity index (χ4n) is 2.87. The van der Waals surface area contributed by atoms with Crippen molar-refractivity contribution in [2.45, 2.75) is 32.1 Å². The molecule has 1 saturated heterocycles. The SMILES string of the molecule is Cc1cc(C(=O)N(C)C[C@@H]2C[C@H](F)CN2Cc2nccs2)no1. The molecule has 0 spiro atoms. The number of nitrogens with zero attached hydrogens (tertiary/aromatic N) is 4. The zero-order chi connectivity index (χ0) is 16.4. The smallest absolute Gasteiger partial charge is 0.275 e. The number of aromatic nitrogens is 2. The number of carbonyl (C=O) groups is 1. The molecule has 1 aliphatic heterocycles. The molecule has 0 unspecified atom stereocenters. The first-order valence-corrected chi connectivity index (χ1v) is 8.36. The number of thiazole rings is 1. The molecule has 3 rings (SSSR count). The number of aryl methyl sites for hydroxylation is 1. The maximum Gasteiger partial charge on any atom is 0.275 e. The second kappa shape index (κ2) is 6.76. The first-order valence-electron chi connectivity index (χ1n) is 7.48. The Morgan fingerprint density at radius 2 is 2.43 bits per heavy atom. The molecular weight excluding hydrogens is 319 g/mol. The number of alkyl halides is 1. The molecule has 0 aromatic carbocycles. The van der Waals surface area contributed by atoms with E-state index in [-0.39, 0.29) is 17.6 Å². The van der Waals surface area contributed by atoms with Crippen LogP contribution < -0.4 is 0 Å². The number of hydrogen-bond donors (Lipinski definition) is 0. The molecule has 0 bridgehead atoms. The van der Waals surface area contributed by atoms with Gasteiger partial charge in [-0.1, -0.05) is 5.16 Å². The van der Waals surface area contributed by atoms with Crippen LogP contribution in [0.15, 0.2) is 22.2 Å². The lowest BCUT2D eigenvalue weighted by atomic mass is 10.2. The Balaban J connectivity index is 1.63. The van der Waals surface area contributed by atoms with E-state index in [1.54, 1.807) is 42.5 Å². The van der Waals surface area contributed by atoms with Gasteiger partial charge >= 0.3 is 0 Å². The van der Waals surface area contributed by atoms with Crippen molar-refractivity contribution in [1.29, 1.82) is 0 Å². The van der Waals surface area contributed by atoms with Gasteiger partial charge in [-0.15, -0.1) is 11.3 Å². The van der Waals surface area contributed by atoms with Gasteiger partial charge in [0, 0.05) is 43.8 Å². The zero-order valence-electron chi connectivity index (χ0n) is 13.1. The molecule has 2 aromatic heterocycles. The molecular formula is C15H19FN4O2S. The predicted octanol–water partition coefficient (Wildman–Crippen LogP) is 2.12. The molecule has 1 aliphatic rings. The predicted molar refractivity (Wildman–Crippen MR) is 84.0 cm³/mol. The number of amides is 1. The Bertz CT molecular complexity index is 660. The van der Waals surface area contributed by atoms with Gasteiger partial charge in [-0.25, -0.2) is 9.37 Å².